The van der Waals surface area contributed by atoms with E-state index >= 15 is 0 Å². The van der Waals surface area contributed by atoms with Gasteiger partial charge in [0.2, 0.25) is 5.91 Å². The number of hydrogen-bond donors (Lipinski definition) is 1. The fourth-order valence-corrected chi connectivity index (χ4v) is 3.87. The number of rotatable bonds is 6. The van der Waals surface area contributed by atoms with Crippen LogP contribution in [0.5, 0.6) is 0 Å². The Balaban J connectivity index is 1.22. The van der Waals surface area contributed by atoms with E-state index in [9.17, 15) is 9.18 Å². The lowest BCUT2D eigenvalue weighted by Crippen LogP contribution is -2.48. The normalized spacial score (nSPS) is 15.6. The standard InChI is InChI=1S/C20H21FN4O2S/c21-15-3-5-16(6-4-15)22-20(26)14-25-9-7-24(8-10-25)13-17-12-18(27-23-17)19-2-1-11-28-19/h1-6,11-12H,7-10,13-14H2,(H,22,26). The van der Waals surface area contributed by atoms with E-state index in [0.29, 0.717) is 12.2 Å². The van der Waals surface area contributed by atoms with Crippen molar-refractivity contribution in [1.82, 2.24) is 15.0 Å². The van der Waals surface area contributed by atoms with Crippen molar-refractivity contribution in [3.05, 3.63) is 59.4 Å². The molecule has 0 saturated carbocycles. The quantitative estimate of drug-likeness (QED) is 0.688. The predicted molar refractivity (Wildman–Crippen MR) is 107 cm³/mol. The van der Waals surface area contributed by atoms with E-state index in [0.717, 1.165) is 49.1 Å². The van der Waals surface area contributed by atoms with Crippen molar-refractivity contribution < 1.29 is 13.7 Å². The zero-order valence-corrected chi connectivity index (χ0v) is 16.1. The average Bonchev–Trinajstić information content (AvgIpc) is 3.37. The molecule has 0 aliphatic carbocycles. The highest BCUT2D eigenvalue weighted by atomic mass is 32.1. The van der Waals surface area contributed by atoms with E-state index in [1.807, 2.05) is 23.6 Å². The van der Waals surface area contributed by atoms with Crippen molar-refractivity contribution in [2.75, 3.05) is 38.0 Å². The van der Waals surface area contributed by atoms with Crippen molar-refractivity contribution >= 4 is 22.9 Å². The van der Waals surface area contributed by atoms with E-state index in [-0.39, 0.29) is 11.7 Å². The maximum Gasteiger partial charge on any atom is 0.238 e. The van der Waals surface area contributed by atoms with Crippen LogP contribution < -0.4 is 5.32 Å². The summed E-state index contributed by atoms with van der Waals surface area (Å²) in [7, 11) is 0. The smallest absolute Gasteiger partial charge is 0.238 e. The molecule has 1 fully saturated rings. The van der Waals surface area contributed by atoms with Crippen LogP contribution in [-0.2, 0) is 11.3 Å². The van der Waals surface area contributed by atoms with Crippen LogP contribution in [0.2, 0.25) is 0 Å². The zero-order chi connectivity index (χ0) is 19.3. The van der Waals surface area contributed by atoms with E-state index in [4.69, 9.17) is 4.52 Å². The maximum atomic E-state index is 12.9. The van der Waals surface area contributed by atoms with Gasteiger partial charge in [0.25, 0.3) is 0 Å². The largest absolute Gasteiger partial charge is 0.355 e. The predicted octanol–water partition coefficient (Wildman–Crippen LogP) is 3.30. The van der Waals surface area contributed by atoms with Gasteiger partial charge in [-0.05, 0) is 35.7 Å². The Labute approximate surface area is 166 Å². The molecule has 8 heteroatoms. The molecule has 1 aliphatic rings. The summed E-state index contributed by atoms with van der Waals surface area (Å²) in [5.74, 6) is 0.405. The number of nitrogens with one attached hydrogen (secondary N) is 1. The Morgan fingerprint density at radius 2 is 1.89 bits per heavy atom. The van der Waals surface area contributed by atoms with Gasteiger partial charge < -0.3 is 9.84 Å². The highest BCUT2D eigenvalue weighted by molar-refractivity contribution is 7.13. The van der Waals surface area contributed by atoms with Crippen molar-refractivity contribution in [3.63, 3.8) is 0 Å². The van der Waals surface area contributed by atoms with E-state index in [1.165, 1.54) is 12.1 Å². The van der Waals surface area contributed by atoms with E-state index in [2.05, 4.69) is 20.3 Å². The molecule has 146 valence electrons. The Kier molecular flexibility index (Phi) is 5.80. The summed E-state index contributed by atoms with van der Waals surface area (Å²) in [5.41, 5.74) is 1.53. The van der Waals surface area contributed by atoms with Crippen LogP contribution in [0.15, 0.2) is 52.4 Å². The van der Waals surface area contributed by atoms with Gasteiger partial charge in [0.05, 0.1) is 17.1 Å². The van der Waals surface area contributed by atoms with Gasteiger partial charge in [-0.25, -0.2) is 4.39 Å². The Morgan fingerprint density at radius 3 is 2.61 bits per heavy atom. The third kappa shape index (κ3) is 4.83. The number of piperazine rings is 1. The average molecular weight is 400 g/mol. The number of anilines is 1. The van der Waals surface area contributed by atoms with Gasteiger partial charge in [-0.1, -0.05) is 11.2 Å². The third-order valence-electron chi connectivity index (χ3n) is 4.67. The molecule has 3 aromatic rings. The molecule has 1 saturated heterocycles. The number of carbonyl (C=O) groups excluding carboxylic acids is 1. The summed E-state index contributed by atoms with van der Waals surface area (Å²) >= 11 is 1.63. The molecule has 0 spiro atoms. The van der Waals surface area contributed by atoms with Crippen molar-refractivity contribution in [3.8, 4) is 10.6 Å². The summed E-state index contributed by atoms with van der Waals surface area (Å²) < 4.78 is 18.4. The van der Waals surface area contributed by atoms with Gasteiger partial charge in [-0.3, -0.25) is 14.6 Å². The summed E-state index contributed by atoms with van der Waals surface area (Å²) in [6, 6.07) is 11.8. The summed E-state index contributed by atoms with van der Waals surface area (Å²) in [6.07, 6.45) is 0. The lowest BCUT2D eigenvalue weighted by molar-refractivity contribution is -0.117. The molecular formula is C20H21FN4O2S. The first-order chi connectivity index (χ1) is 13.7. The molecule has 1 aromatic carbocycles. The fourth-order valence-electron chi connectivity index (χ4n) is 3.19. The summed E-state index contributed by atoms with van der Waals surface area (Å²) in [6.45, 7) is 4.43. The number of hydrogen-bond acceptors (Lipinski definition) is 6. The molecule has 0 bridgehead atoms. The minimum absolute atomic E-state index is 0.0860. The fraction of sp³-hybridized carbons (Fsp3) is 0.300. The molecule has 1 aliphatic heterocycles. The van der Waals surface area contributed by atoms with Crippen LogP contribution in [0.1, 0.15) is 5.69 Å². The van der Waals surface area contributed by atoms with Gasteiger partial charge in [-0.2, -0.15) is 0 Å². The third-order valence-corrected chi connectivity index (χ3v) is 5.55. The summed E-state index contributed by atoms with van der Waals surface area (Å²) in [4.78, 5) is 17.7. The summed E-state index contributed by atoms with van der Waals surface area (Å²) in [5, 5.41) is 8.99. The minimum atomic E-state index is -0.316. The molecule has 0 unspecified atom stereocenters. The van der Waals surface area contributed by atoms with E-state index in [1.54, 1.807) is 23.5 Å². The molecule has 3 heterocycles. The zero-order valence-electron chi connectivity index (χ0n) is 15.3. The minimum Gasteiger partial charge on any atom is -0.355 e. The number of nitrogens with zero attached hydrogens (tertiary/aromatic N) is 3. The number of aromatic nitrogens is 1. The molecule has 0 atom stereocenters. The second-order valence-electron chi connectivity index (χ2n) is 6.77. The van der Waals surface area contributed by atoms with Crippen molar-refractivity contribution in [2.45, 2.75) is 6.54 Å². The lowest BCUT2D eigenvalue weighted by atomic mass is 10.2. The molecule has 28 heavy (non-hydrogen) atoms. The number of amides is 1. The monoisotopic (exact) mass is 400 g/mol. The topological polar surface area (TPSA) is 61.6 Å². The van der Waals surface area contributed by atoms with E-state index < -0.39 is 0 Å². The van der Waals surface area contributed by atoms with Crippen LogP contribution in [-0.4, -0.2) is 53.6 Å². The lowest BCUT2D eigenvalue weighted by Gasteiger charge is -2.33. The molecular weight excluding hydrogens is 379 g/mol. The van der Waals surface area contributed by atoms with Gasteiger partial charge in [-0.15, -0.1) is 11.3 Å². The highest BCUT2D eigenvalue weighted by Crippen LogP contribution is 2.25. The molecule has 6 nitrogen and oxygen atoms in total. The van der Waals surface area contributed by atoms with Gasteiger partial charge in [0, 0.05) is 44.5 Å². The number of halogens is 1. The van der Waals surface area contributed by atoms with Gasteiger partial charge >= 0.3 is 0 Å². The Morgan fingerprint density at radius 1 is 1.14 bits per heavy atom. The molecule has 4 rings (SSSR count). The molecule has 1 amide bonds. The van der Waals surface area contributed by atoms with Crippen LogP contribution >= 0.6 is 11.3 Å². The number of thiophene rings is 1. The van der Waals surface area contributed by atoms with Crippen LogP contribution in [0.3, 0.4) is 0 Å². The second-order valence-corrected chi connectivity index (χ2v) is 7.71. The first kappa shape index (κ1) is 18.8. The number of carbonyl (C=O) groups is 1. The second kappa shape index (κ2) is 8.64. The maximum absolute atomic E-state index is 12.9. The van der Waals surface area contributed by atoms with Crippen LogP contribution in [0, 0.1) is 5.82 Å². The molecule has 2 aromatic heterocycles. The van der Waals surface area contributed by atoms with Crippen molar-refractivity contribution in [2.24, 2.45) is 0 Å². The Hall–Kier alpha value is -2.55. The molecule has 0 radical (unpaired) electrons. The SMILES string of the molecule is O=C(CN1CCN(Cc2cc(-c3cccs3)on2)CC1)Nc1ccc(F)cc1. The van der Waals surface area contributed by atoms with Crippen LogP contribution in [0.4, 0.5) is 10.1 Å². The van der Waals surface area contributed by atoms with Crippen LogP contribution in [0.25, 0.3) is 10.6 Å². The molecule has 1 N–H and O–H groups in total. The first-order valence-electron chi connectivity index (χ1n) is 9.15. The first-order valence-corrected chi connectivity index (χ1v) is 10.0. The van der Waals surface area contributed by atoms with Gasteiger partial charge in [0.1, 0.15) is 5.82 Å². The highest BCUT2D eigenvalue weighted by Gasteiger charge is 2.20. The van der Waals surface area contributed by atoms with Crippen molar-refractivity contribution in [1.29, 1.82) is 0 Å². The van der Waals surface area contributed by atoms with Gasteiger partial charge in [0.15, 0.2) is 5.76 Å². The number of benzene rings is 1. The Bertz CT molecular complexity index is 903.